The van der Waals surface area contributed by atoms with Crippen LogP contribution in [0.3, 0.4) is 0 Å². The van der Waals surface area contributed by atoms with E-state index < -0.39 is 0 Å². The zero-order valence-electron chi connectivity index (χ0n) is 21.1. The van der Waals surface area contributed by atoms with Crippen LogP contribution in [0.5, 0.6) is 11.5 Å². The van der Waals surface area contributed by atoms with E-state index >= 15 is 0 Å². The first-order valence-electron chi connectivity index (χ1n) is 11.7. The van der Waals surface area contributed by atoms with Crippen LogP contribution in [-0.2, 0) is 27.6 Å². The van der Waals surface area contributed by atoms with E-state index in [1.807, 2.05) is 36.4 Å². The average molecular weight is 573 g/mol. The number of phenols is 2. The Balaban J connectivity index is 0.00000289. The van der Waals surface area contributed by atoms with Crippen LogP contribution in [0.15, 0.2) is 46.4 Å². The number of hydrogen-bond donors (Lipinski definition) is 2. The van der Waals surface area contributed by atoms with E-state index in [9.17, 15) is 10.2 Å². The first-order chi connectivity index (χ1) is 15.0. The Hall–Kier alpha value is -1.63. The molecule has 0 saturated heterocycles. The molecule has 4 nitrogen and oxygen atoms in total. The number of benzene rings is 2. The van der Waals surface area contributed by atoms with Crippen LogP contribution in [0.1, 0.15) is 89.5 Å². The minimum Gasteiger partial charge on any atom is -1.00 e. The molecule has 0 unspecified atom stereocenters. The average Bonchev–Trinajstić information content (AvgIpc) is 2.71. The van der Waals surface area contributed by atoms with Gasteiger partial charge in [0.15, 0.2) is 0 Å². The summed E-state index contributed by atoms with van der Waals surface area (Å²) in [7, 11) is 0. The van der Waals surface area contributed by atoms with Gasteiger partial charge in [-0.15, -0.1) is 0 Å². The number of hydrogen-bond acceptors (Lipinski definition) is 4. The van der Waals surface area contributed by atoms with Gasteiger partial charge in [0.2, 0.25) is 0 Å². The van der Waals surface area contributed by atoms with Crippen molar-refractivity contribution in [2.24, 2.45) is 9.98 Å². The van der Waals surface area contributed by atoms with E-state index in [0.29, 0.717) is 11.5 Å². The first kappa shape index (κ1) is 30.4. The Kier molecular flexibility index (Phi) is 11.1. The fraction of sp³-hybridized carbons (Fsp3) is 0.500. The van der Waals surface area contributed by atoms with Gasteiger partial charge in [0, 0.05) is 40.3 Å². The molecular formula is C28H38BrCoN2O2-. The summed E-state index contributed by atoms with van der Waals surface area (Å²) in [5.74, 6) is 0.618. The molecule has 1 saturated carbocycles. The molecule has 189 valence electrons. The monoisotopic (exact) mass is 572 g/mol. The van der Waals surface area contributed by atoms with Crippen molar-refractivity contribution in [3.63, 3.8) is 0 Å². The second-order valence-corrected chi connectivity index (χ2v) is 11.0. The minimum atomic E-state index is -0.130. The number of aromatic hydroxyl groups is 2. The van der Waals surface area contributed by atoms with Gasteiger partial charge in [-0.2, -0.15) is 0 Å². The first-order valence-corrected chi connectivity index (χ1v) is 11.7. The van der Waals surface area contributed by atoms with Crippen molar-refractivity contribution in [3.8, 4) is 11.5 Å². The van der Waals surface area contributed by atoms with E-state index in [2.05, 4.69) is 41.5 Å². The molecule has 2 aromatic carbocycles. The van der Waals surface area contributed by atoms with Crippen LogP contribution in [0.2, 0.25) is 0 Å². The second-order valence-electron chi connectivity index (χ2n) is 11.0. The van der Waals surface area contributed by atoms with Crippen molar-refractivity contribution in [2.75, 3.05) is 0 Å². The summed E-state index contributed by atoms with van der Waals surface area (Å²) in [6, 6.07) is 11.9. The molecule has 0 bridgehead atoms. The van der Waals surface area contributed by atoms with Crippen LogP contribution < -0.4 is 17.0 Å². The molecule has 2 atom stereocenters. The molecule has 3 rings (SSSR count). The summed E-state index contributed by atoms with van der Waals surface area (Å²) in [4.78, 5) is 9.70. The van der Waals surface area contributed by atoms with Gasteiger partial charge in [0.25, 0.3) is 0 Å². The number of para-hydroxylation sites is 2. The van der Waals surface area contributed by atoms with E-state index in [1.54, 1.807) is 12.4 Å². The molecule has 2 N–H and O–H groups in total. The van der Waals surface area contributed by atoms with Crippen LogP contribution >= 0.6 is 0 Å². The van der Waals surface area contributed by atoms with Crippen molar-refractivity contribution < 1.29 is 44.0 Å². The largest absolute Gasteiger partial charge is 1.00 e. The van der Waals surface area contributed by atoms with E-state index in [-0.39, 0.29) is 56.7 Å². The molecular weight excluding hydrogens is 535 g/mol. The zero-order valence-corrected chi connectivity index (χ0v) is 23.7. The molecule has 34 heavy (non-hydrogen) atoms. The molecule has 0 heterocycles. The molecule has 0 amide bonds. The summed E-state index contributed by atoms with van der Waals surface area (Å²) in [5.41, 5.74) is 3.09. The number of halogens is 1. The molecule has 1 aliphatic carbocycles. The van der Waals surface area contributed by atoms with Gasteiger partial charge in [-0.25, -0.2) is 0 Å². The van der Waals surface area contributed by atoms with Crippen LogP contribution in [0.25, 0.3) is 0 Å². The standard InChI is InChI=1S/C28H38N2O2.BrH.Co/c1-27(2,3)21-13-9-11-19(25(21)31)17-29-23-15-7-8-16-24(23)30-18-20-12-10-14-22(26(20)32)28(4,5)6;;/h9-14,17-18,23-24,31-32H,7-8,15-16H2,1-6H3;1H;/p-1/t23-,24-;;/m1../s1. The summed E-state index contributed by atoms with van der Waals surface area (Å²) >= 11 is 0. The van der Waals surface area contributed by atoms with Crippen molar-refractivity contribution in [2.45, 2.75) is 90.1 Å². The SMILES string of the molecule is CC(C)(C)c1cccc(C=N[C@@H]2CCCC[C@H]2N=Cc2cccc(C(C)(C)C)c2O)c1O.[Br-].[Co]. The van der Waals surface area contributed by atoms with Gasteiger partial charge in [-0.1, -0.05) is 78.6 Å². The number of phenolic OH excluding ortho intramolecular Hbond substituents is 2. The predicted molar refractivity (Wildman–Crippen MR) is 135 cm³/mol. The van der Waals surface area contributed by atoms with Crippen LogP contribution in [0.4, 0.5) is 0 Å². The summed E-state index contributed by atoms with van der Waals surface area (Å²) in [6.07, 6.45) is 7.83. The summed E-state index contributed by atoms with van der Waals surface area (Å²) in [5, 5.41) is 21.5. The van der Waals surface area contributed by atoms with Gasteiger partial charge in [0.1, 0.15) is 11.5 Å². The van der Waals surface area contributed by atoms with Gasteiger partial charge in [-0.05, 0) is 46.9 Å². The molecule has 0 spiro atoms. The Bertz CT molecular complexity index is 925. The molecule has 1 aliphatic rings. The number of aliphatic imine (C=N–C) groups is 2. The third kappa shape index (κ3) is 7.43. The van der Waals surface area contributed by atoms with Crippen LogP contribution in [0, 0.1) is 0 Å². The Labute approximate surface area is 226 Å². The number of nitrogens with zero attached hydrogens (tertiary/aromatic N) is 2. The van der Waals surface area contributed by atoms with E-state index in [1.165, 1.54) is 0 Å². The van der Waals surface area contributed by atoms with Crippen molar-refractivity contribution in [1.29, 1.82) is 0 Å². The maximum atomic E-state index is 10.7. The predicted octanol–water partition coefficient (Wildman–Crippen LogP) is 3.54. The van der Waals surface area contributed by atoms with Gasteiger partial charge in [0.05, 0.1) is 12.1 Å². The van der Waals surface area contributed by atoms with Gasteiger partial charge in [-0.3, -0.25) is 9.98 Å². The maximum absolute atomic E-state index is 10.7. The normalized spacial score (nSPS) is 19.1. The molecule has 1 radical (unpaired) electrons. The second kappa shape index (κ2) is 12.4. The Morgan fingerprint density at radius 3 is 1.38 bits per heavy atom. The molecule has 6 heteroatoms. The number of rotatable bonds is 4. The molecule has 0 aliphatic heterocycles. The third-order valence-electron chi connectivity index (χ3n) is 6.25. The summed E-state index contributed by atoms with van der Waals surface area (Å²) < 4.78 is 0. The van der Waals surface area contributed by atoms with Crippen molar-refractivity contribution in [1.82, 2.24) is 0 Å². The van der Waals surface area contributed by atoms with Crippen LogP contribution in [-0.4, -0.2) is 34.7 Å². The summed E-state index contributed by atoms with van der Waals surface area (Å²) in [6.45, 7) is 12.6. The quantitative estimate of drug-likeness (QED) is 0.550. The fourth-order valence-corrected chi connectivity index (χ4v) is 4.33. The smallest absolute Gasteiger partial charge is 0.128 e. The van der Waals surface area contributed by atoms with Gasteiger partial charge < -0.3 is 27.2 Å². The molecule has 2 aromatic rings. The van der Waals surface area contributed by atoms with E-state index in [0.717, 1.165) is 47.9 Å². The fourth-order valence-electron chi connectivity index (χ4n) is 4.33. The Morgan fingerprint density at radius 1 is 0.706 bits per heavy atom. The van der Waals surface area contributed by atoms with E-state index in [4.69, 9.17) is 9.98 Å². The molecule has 0 aromatic heterocycles. The topological polar surface area (TPSA) is 65.2 Å². The van der Waals surface area contributed by atoms with Gasteiger partial charge >= 0.3 is 0 Å². The minimum absolute atomic E-state index is 0. The van der Waals surface area contributed by atoms with Crippen molar-refractivity contribution >= 4 is 12.4 Å². The zero-order chi connectivity index (χ0) is 23.5. The molecule has 1 fully saturated rings. The third-order valence-corrected chi connectivity index (χ3v) is 6.25. The van der Waals surface area contributed by atoms with Crippen molar-refractivity contribution in [3.05, 3.63) is 58.7 Å². The maximum Gasteiger partial charge on any atom is 0.128 e. The Morgan fingerprint density at radius 2 is 1.06 bits per heavy atom.